The van der Waals surface area contributed by atoms with Gasteiger partial charge in [-0.1, -0.05) is 45.0 Å². The third kappa shape index (κ3) is 4.31. The van der Waals surface area contributed by atoms with Crippen molar-refractivity contribution in [2.24, 2.45) is 5.92 Å². The second-order valence-electron chi connectivity index (χ2n) is 7.15. The Labute approximate surface area is 128 Å². The SMILES string of the molecule is CC(NC(=O)C1CCCNC1)c1ccc(C(C)(C)C)cc1. The molecular weight excluding hydrogens is 260 g/mol. The number of hydrogen-bond donors (Lipinski definition) is 2. The first-order valence-corrected chi connectivity index (χ1v) is 7.99. The summed E-state index contributed by atoms with van der Waals surface area (Å²) < 4.78 is 0. The molecule has 0 saturated carbocycles. The minimum Gasteiger partial charge on any atom is -0.349 e. The molecule has 1 aromatic rings. The zero-order valence-electron chi connectivity index (χ0n) is 13.7. The molecule has 21 heavy (non-hydrogen) atoms. The molecule has 1 saturated heterocycles. The fourth-order valence-corrected chi connectivity index (χ4v) is 2.76. The van der Waals surface area contributed by atoms with Gasteiger partial charge in [-0.25, -0.2) is 0 Å². The number of nitrogens with one attached hydrogen (secondary N) is 2. The Morgan fingerprint density at radius 2 is 1.95 bits per heavy atom. The predicted molar refractivity (Wildman–Crippen MR) is 87.3 cm³/mol. The molecule has 1 heterocycles. The summed E-state index contributed by atoms with van der Waals surface area (Å²) in [6.07, 6.45) is 2.08. The van der Waals surface area contributed by atoms with Crippen molar-refractivity contribution in [1.82, 2.24) is 10.6 Å². The Hall–Kier alpha value is -1.35. The largest absolute Gasteiger partial charge is 0.349 e. The second kappa shape index (κ2) is 6.61. The third-order valence-corrected chi connectivity index (χ3v) is 4.30. The molecule has 0 aliphatic carbocycles. The highest BCUT2D eigenvalue weighted by Crippen LogP contribution is 2.24. The summed E-state index contributed by atoms with van der Waals surface area (Å²) >= 11 is 0. The van der Waals surface area contributed by atoms with E-state index < -0.39 is 0 Å². The van der Waals surface area contributed by atoms with Gasteiger partial charge in [0.2, 0.25) is 5.91 Å². The van der Waals surface area contributed by atoms with Gasteiger partial charge in [0.15, 0.2) is 0 Å². The van der Waals surface area contributed by atoms with E-state index in [2.05, 4.69) is 62.6 Å². The van der Waals surface area contributed by atoms with Crippen LogP contribution < -0.4 is 10.6 Å². The van der Waals surface area contributed by atoms with Crippen LogP contribution in [0.1, 0.15) is 57.7 Å². The molecule has 1 aliphatic heterocycles. The number of carbonyl (C=O) groups excluding carboxylic acids is 1. The highest BCUT2D eigenvalue weighted by Gasteiger charge is 2.22. The van der Waals surface area contributed by atoms with Crippen LogP contribution in [0.2, 0.25) is 0 Å². The van der Waals surface area contributed by atoms with Gasteiger partial charge in [-0.05, 0) is 42.9 Å². The summed E-state index contributed by atoms with van der Waals surface area (Å²) in [5.41, 5.74) is 2.65. The van der Waals surface area contributed by atoms with Crippen LogP contribution in [0.15, 0.2) is 24.3 Å². The summed E-state index contributed by atoms with van der Waals surface area (Å²) in [4.78, 5) is 12.3. The molecule has 2 atom stereocenters. The lowest BCUT2D eigenvalue weighted by Gasteiger charge is -2.25. The Morgan fingerprint density at radius 1 is 1.29 bits per heavy atom. The smallest absolute Gasteiger partial charge is 0.224 e. The van der Waals surface area contributed by atoms with E-state index in [1.54, 1.807) is 0 Å². The van der Waals surface area contributed by atoms with E-state index >= 15 is 0 Å². The van der Waals surface area contributed by atoms with Gasteiger partial charge in [0.05, 0.1) is 12.0 Å². The summed E-state index contributed by atoms with van der Waals surface area (Å²) in [7, 11) is 0. The van der Waals surface area contributed by atoms with Gasteiger partial charge in [0.25, 0.3) is 0 Å². The van der Waals surface area contributed by atoms with Gasteiger partial charge >= 0.3 is 0 Å². The van der Waals surface area contributed by atoms with Crippen LogP contribution in [0.25, 0.3) is 0 Å². The number of piperidine rings is 1. The lowest BCUT2D eigenvalue weighted by atomic mass is 9.86. The second-order valence-corrected chi connectivity index (χ2v) is 7.15. The van der Waals surface area contributed by atoms with Crippen LogP contribution in [0.4, 0.5) is 0 Å². The monoisotopic (exact) mass is 288 g/mol. The molecule has 1 aliphatic rings. The molecule has 0 bridgehead atoms. The zero-order chi connectivity index (χ0) is 15.5. The number of benzene rings is 1. The fraction of sp³-hybridized carbons (Fsp3) is 0.611. The van der Waals surface area contributed by atoms with Crippen molar-refractivity contribution < 1.29 is 4.79 Å². The highest BCUT2D eigenvalue weighted by atomic mass is 16.1. The van der Waals surface area contributed by atoms with Crippen molar-refractivity contribution >= 4 is 5.91 Å². The first kappa shape index (κ1) is 16.0. The van der Waals surface area contributed by atoms with Gasteiger partial charge in [0.1, 0.15) is 0 Å². The molecule has 3 nitrogen and oxygen atoms in total. The average molecular weight is 288 g/mol. The van der Waals surface area contributed by atoms with Crippen LogP contribution >= 0.6 is 0 Å². The van der Waals surface area contributed by atoms with Crippen molar-refractivity contribution in [3.05, 3.63) is 35.4 Å². The van der Waals surface area contributed by atoms with Crippen LogP contribution in [0, 0.1) is 5.92 Å². The Bertz CT molecular complexity index is 467. The average Bonchev–Trinajstić information content (AvgIpc) is 2.47. The van der Waals surface area contributed by atoms with E-state index in [1.807, 2.05) is 0 Å². The topological polar surface area (TPSA) is 41.1 Å². The first-order valence-electron chi connectivity index (χ1n) is 7.99. The Balaban J connectivity index is 1.96. The number of hydrogen-bond acceptors (Lipinski definition) is 2. The van der Waals surface area contributed by atoms with Crippen LogP contribution in [0.3, 0.4) is 0 Å². The molecule has 0 radical (unpaired) electrons. The number of amides is 1. The molecule has 0 spiro atoms. The third-order valence-electron chi connectivity index (χ3n) is 4.30. The van der Waals surface area contributed by atoms with Crippen molar-refractivity contribution in [3.8, 4) is 0 Å². The molecule has 0 aromatic heterocycles. The Morgan fingerprint density at radius 3 is 2.48 bits per heavy atom. The zero-order valence-corrected chi connectivity index (χ0v) is 13.7. The molecule has 1 aromatic carbocycles. The van der Waals surface area contributed by atoms with Gasteiger partial charge in [-0.2, -0.15) is 0 Å². The summed E-state index contributed by atoms with van der Waals surface area (Å²) in [5, 5.41) is 6.44. The predicted octanol–water partition coefficient (Wildman–Crippen LogP) is 3.16. The molecule has 2 unspecified atom stereocenters. The minimum atomic E-state index is 0.0634. The van der Waals surface area contributed by atoms with Gasteiger partial charge in [-0.3, -0.25) is 4.79 Å². The van der Waals surface area contributed by atoms with E-state index in [9.17, 15) is 4.79 Å². The molecule has 3 heteroatoms. The molecule has 1 amide bonds. The van der Waals surface area contributed by atoms with Gasteiger partial charge in [-0.15, -0.1) is 0 Å². The van der Waals surface area contributed by atoms with E-state index in [4.69, 9.17) is 0 Å². The summed E-state index contributed by atoms with van der Waals surface area (Å²) in [6.45, 7) is 10.5. The quantitative estimate of drug-likeness (QED) is 0.897. The molecule has 2 rings (SSSR count). The van der Waals surface area contributed by atoms with Gasteiger partial charge < -0.3 is 10.6 Å². The van der Waals surface area contributed by atoms with E-state index in [0.717, 1.165) is 25.9 Å². The molecule has 2 N–H and O–H groups in total. The fourth-order valence-electron chi connectivity index (χ4n) is 2.76. The van der Waals surface area contributed by atoms with Crippen LogP contribution in [-0.4, -0.2) is 19.0 Å². The van der Waals surface area contributed by atoms with Crippen molar-refractivity contribution in [3.63, 3.8) is 0 Å². The van der Waals surface area contributed by atoms with Crippen molar-refractivity contribution in [1.29, 1.82) is 0 Å². The molecule has 116 valence electrons. The molecular formula is C18H28N2O. The van der Waals surface area contributed by atoms with Crippen LogP contribution in [-0.2, 0) is 10.2 Å². The first-order chi connectivity index (χ1) is 9.88. The lowest BCUT2D eigenvalue weighted by Crippen LogP contribution is -2.41. The summed E-state index contributed by atoms with van der Waals surface area (Å²) in [6, 6.07) is 8.66. The van der Waals surface area contributed by atoms with E-state index in [-0.39, 0.29) is 23.3 Å². The van der Waals surface area contributed by atoms with Crippen molar-refractivity contribution in [2.75, 3.05) is 13.1 Å². The minimum absolute atomic E-state index is 0.0634. The maximum absolute atomic E-state index is 12.3. The molecule has 1 fully saturated rings. The number of rotatable bonds is 3. The standard InChI is InChI=1S/C18H28N2O/c1-13(20-17(21)15-6-5-11-19-12-15)14-7-9-16(10-8-14)18(2,3)4/h7-10,13,15,19H,5-6,11-12H2,1-4H3,(H,20,21). The summed E-state index contributed by atoms with van der Waals surface area (Å²) in [5.74, 6) is 0.296. The normalized spacial score (nSPS) is 20.9. The van der Waals surface area contributed by atoms with E-state index in [1.165, 1.54) is 11.1 Å². The number of carbonyl (C=O) groups is 1. The van der Waals surface area contributed by atoms with Crippen molar-refractivity contribution in [2.45, 2.75) is 52.0 Å². The Kier molecular flexibility index (Phi) is 5.04. The van der Waals surface area contributed by atoms with E-state index in [0.29, 0.717) is 0 Å². The lowest BCUT2D eigenvalue weighted by molar-refractivity contribution is -0.126. The maximum Gasteiger partial charge on any atom is 0.224 e. The maximum atomic E-state index is 12.3. The van der Waals surface area contributed by atoms with Crippen LogP contribution in [0.5, 0.6) is 0 Å². The van der Waals surface area contributed by atoms with Gasteiger partial charge in [0, 0.05) is 6.54 Å². The highest BCUT2D eigenvalue weighted by molar-refractivity contribution is 5.79.